The monoisotopic (exact) mass is 298 g/mol. The van der Waals surface area contributed by atoms with Crippen LogP contribution in [0.25, 0.3) is 0 Å². The van der Waals surface area contributed by atoms with Crippen molar-refractivity contribution in [2.75, 3.05) is 13.7 Å². The van der Waals surface area contributed by atoms with Crippen molar-refractivity contribution in [1.29, 1.82) is 0 Å². The Kier molecular flexibility index (Phi) is 4.04. The average molecular weight is 298 g/mol. The molecule has 0 saturated carbocycles. The lowest BCUT2D eigenvalue weighted by atomic mass is 9.81. The minimum Gasteiger partial charge on any atom is -0.366 e. The summed E-state index contributed by atoms with van der Waals surface area (Å²) in [5.41, 5.74) is 1.45. The first-order valence-corrected chi connectivity index (χ1v) is 7.56. The van der Waals surface area contributed by atoms with Crippen LogP contribution in [0, 0.1) is 0 Å². The molecule has 1 aliphatic rings. The summed E-state index contributed by atoms with van der Waals surface area (Å²) >= 11 is 0. The summed E-state index contributed by atoms with van der Waals surface area (Å²) in [7, 11) is 1.73. The highest BCUT2D eigenvalue weighted by molar-refractivity contribution is 5.38. The molecule has 1 fully saturated rings. The molecule has 1 saturated heterocycles. The molecular weight excluding hydrogens is 276 g/mol. The van der Waals surface area contributed by atoms with E-state index in [4.69, 9.17) is 14.2 Å². The first-order chi connectivity index (χ1) is 10.6. The minimum atomic E-state index is -0.684. The van der Waals surface area contributed by atoms with Crippen LogP contribution in [0.3, 0.4) is 0 Å². The van der Waals surface area contributed by atoms with Gasteiger partial charge in [0.25, 0.3) is 0 Å². The van der Waals surface area contributed by atoms with Gasteiger partial charge in [0.2, 0.25) is 0 Å². The topological polar surface area (TPSA) is 27.7 Å². The number of methoxy groups -OCH3 is 1. The minimum absolute atomic E-state index is 0.211. The zero-order valence-electron chi connectivity index (χ0n) is 13.3. The Morgan fingerprint density at radius 1 is 0.955 bits per heavy atom. The molecule has 116 valence electrons. The highest BCUT2D eigenvalue weighted by Gasteiger charge is 2.49. The van der Waals surface area contributed by atoms with E-state index in [1.807, 2.05) is 50.2 Å². The lowest BCUT2D eigenvalue weighted by molar-refractivity contribution is -0.170. The predicted octanol–water partition coefficient (Wildman–Crippen LogP) is 3.73. The lowest BCUT2D eigenvalue weighted by Gasteiger charge is -2.38. The SMILES string of the molecule is COC(c1ccccc1)(c1ccccc1)C1COC(C)(C)O1. The molecule has 1 atom stereocenters. The summed E-state index contributed by atoms with van der Waals surface area (Å²) < 4.78 is 18.1. The van der Waals surface area contributed by atoms with Gasteiger partial charge in [0, 0.05) is 7.11 Å². The van der Waals surface area contributed by atoms with Crippen LogP contribution in [-0.4, -0.2) is 25.6 Å². The molecule has 0 radical (unpaired) electrons. The second-order valence-electron chi connectivity index (χ2n) is 5.99. The van der Waals surface area contributed by atoms with Crippen LogP contribution < -0.4 is 0 Å². The average Bonchev–Trinajstić information content (AvgIpc) is 2.91. The zero-order valence-corrected chi connectivity index (χ0v) is 13.3. The number of benzene rings is 2. The molecule has 1 unspecified atom stereocenters. The third-order valence-electron chi connectivity index (χ3n) is 4.19. The molecule has 2 aromatic rings. The largest absolute Gasteiger partial charge is 0.366 e. The summed E-state index contributed by atoms with van der Waals surface area (Å²) in [4.78, 5) is 0. The van der Waals surface area contributed by atoms with Gasteiger partial charge in [-0.15, -0.1) is 0 Å². The molecule has 0 N–H and O–H groups in total. The van der Waals surface area contributed by atoms with E-state index in [1.54, 1.807) is 7.11 Å². The Bertz CT molecular complexity index is 568. The number of ether oxygens (including phenoxy) is 3. The van der Waals surface area contributed by atoms with Gasteiger partial charge in [-0.25, -0.2) is 0 Å². The van der Waals surface area contributed by atoms with Crippen LogP contribution in [0.5, 0.6) is 0 Å². The van der Waals surface area contributed by atoms with Crippen LogP contribution in [0.15, 0.2) is 60.7 Å². The van der Waals surface area contributed by atoms with E-state index in [9.17, 15) is 0 Å². The molecule has 3 rings (SSSR count). The summed E-state index contributed by atoms with van der Waals surface area (Å²) in [6, 6.07) is 20.4. The van der Waals surface area contributed by atoms with E-state index in [0.29, 0.717) is 6.61 Å². The van der Waals surface area contributed by atoms with Crippen molar-refractivity contribution < 1.29 is 14.2 Å². The Morgan fingerprint density at radius 2 is 1.45 bits per heavy atom. The molecular formula is C19H22O3. The van der Waals surface area contributed by atoms with E-state index in [2.05, 4.69) is 24.3 Å². The van der Waals surface area contributed by atoms with Gasteiger partial charge in [-0.1, -0.05) is 60.7 Å². The Hall–Kier alpha value is -1.68. The fourth-order valence-corrected chi connectivity index (χ4v) is 3.16. The van der Waals surface area contributed by atoms with Gasteiger partial charge >= 0.3 is 0 Å². The summed E-state index contributed by atoms with van der Waals surface area (Å²) in [5, 5.41) is 0. The van der Waals surface area contributed by atoms with E-state index < -0.39 is 11.4 Å². The predicted molar refractivity (Wildman–Crippen MR) is 85.6 cm³/mol. The zero-order chi connectivity index (χ0) is 15.6. The van der Waals surface area contributed by atoms with Crippen LogP contribution in [0.2, 0.25) is 0 Å². The Labute approximate surface area is 131 Å². The fraction of sp³-hybridized carbons (Fsp3) is 0.368. The molecule has 1 heterocycles. The van der Waals surface area contributed by atoms with Crippen LogP contribution in [0.1, 0.15) is 25.0 Å². The van der Waals surface area contributed by atoms with Crippen LogP contribution in [-0.2, 0) is 19.8 Å². The summed E-state index contributed by atoms with van der Waals surface area (Å²) in [5.74, 6) is -0.599. The maximum Gasteiger partial charge on any atom is 0.163 e. The number of rotatable bonds is 4. The maximum atomic E-state index is 6.17. The standard InChI is InChI=1S/C19H22O3/c1-18(2)21-14-17(22-18)19(20-3,15-10-6-4-7-11-15)16-12-8-5-9-13-16/h4-13,17H,14H2,1-3H3. The van der Waals surface area contributed by atoms with E-state index in [1.165, 1.54) is 0 Å². The van der Waals surface area contributed by atoms with Gasteiger partial charge in [0.1, 0.15) is 11.7 Å². The Morgan fingerprint density at radius 3 is 1.82 bits per heavy atom. The van der Waals surface area contributed by atoms with Gasteiger partial charge in [0.15, 0.2) is 5.79 Å². The first-order valence-electron chi connectivity index (χ1n) is 7.56. The van der Waals surface area contributed by atoms with Gasteiger partial charge in [-0.2, -0.15) is 0 Å². The normalized spacial score (nSPS) is 21.0. The third-order valence-corrected chi connectivity index (χ3v) is 4.19. The number of hydrogen-bond donors (Lipinski definition) is 0. The summed E-state index contributed by atoms with van der Waals surface area (Å²) in [6.45, 7) is 4.36. The van der Waals surface area contributed by atoms with Gasteiger partial charge in [-0.3, -0.25) is 0 Å². The van der Waals surface area contributed by atoms with Crippen molar-refractivity contribution in [3.05, 3.63) is 71.8 Å². The van der Waals surface area contributed by atoms with E-state index >= 15 is 0 Å². The molecule has 0 spiro atoms. The molecule has 1 aliphatic heterocycles. The summed E-state index contributed by atoms with van der Waals surface area (Å²) in [6.07, 6.45) is -0.211. The van der Waals surface area contributed by atoms with E-state index in [-0.39, 0.29) is 6.10 Å². The maximum absolute atomic E-state index is 6.17. The second-order valence-corrected chi connectivity index (χ2v) is 5.99. The van der Waals surface area contributed by atoms with Crippen LogP contribution >= 0.6 is 0 Å². The van der Waals surface area contributed by atoms with Gasteiger partial charge in [-0.05, 0) is 25.0 Å². The first kappa shape index (κ1) is 15.2. The van der Waals surface area contributed by atoms with Crippen molar-refractivity contribution >= 4 is 0 Å². The highest BCUT2D eigenvalue weighted by Crippen LogP contribution is 2.42. The fourth-order valence-electron chi connectivity index (χ4n) is 3.16. The van der Waals surface area contributed by atoms with Crippen molar-refractivity contribution in [2.24, 2.45) is 0 Å². The quantitative estimate of drug-likeness (QED) is 0.861. The molecule has 22 heavy (non-hydrogen) atoms. The van der Waals surface area contributed by atoms with Crippen LogP contribution in [0.4, 0.5) is 0 Å². The highest BCUT2D eigenvalue weighted by atomic mass is 16.8. The Balaban J connectivity index is 2.14. The molecule has 0 aromatic heterocycles. The van der Waals surface area contributed by atoms with Crippen molar-refractivity contribution in [1.82, 2.24) is 0 Å². The van der Waals surface area contributed by atoms with Gasteiger partial charge in [0.05, 0.1) is 6.61 Å². The molecule has 0 aliphatic carbocycles. The molecule has 2 aromatic carbocycles. The van der Waals surface area contributed by atoms with Crippen molar-refractivity contribution in [3.8, 4) is 0 Å². The second kappa shape index (κ2) is 5.84. The van der Waals surface area contributed by atoms with E-state index in [0.717, 1.165) is 11.1 Å². The van der Waals surface area contributed by atoms with Crippen molar-refractivity contribution in [3.63, 3.8) is 0 Å². The molecule has 0 bridgehead atoms. The third kappa shape index (κ3) is 2.56. The molecule has 3 heteroatoms. The molecule has 3 nitrogen and oxygen atoms in total. The van der Waals surface area contributed by atoms with Crippen molar-refractivity contribution in [2.45, 2.75) is 31.3 Å². The smallest absolute Gasteiger partial charge is 0.163 e. The lowest BCUT2D eigenvalue weighted by Crippen LogP contribution is -2.44. The molecule has 0 amide bonds. The van der Waals surface area contributed by atoms with Gasteiger partial charge < -0.3 is 14.2 Å². The number of hydrogen-bond acceptors (Lipinski definition) is 3.